The van der Waals surface area contributed by atoms with E-state index in [1.165, 1.54) is 17.6 Å². The van der Waals surface area contributed by atoms with Crippen molar-refractivity contribution in [1.82, 2.24) is 14.6 Å². The number of ether oxygens (including phenoxy) is 1. The van der Waals surface area contributed by atoms with Gasteiger partial charge in [0.15, 0.2) is 11.5 Å². The smallest absolute Gasteiger partial charge is 0.254 e. The molecule has 0 unspecified atom stereocenters. The zero-order valence-electron chi connectivity index (χ0n) is 17.5. The fraction of sp³-hybridized carbons (Fsp3) is 0.333. The predicted octanol–water partition coefficient (Wildman–Crippen LogP) is 1.17. The lowest BCUT2D eigenvalue weighted by molar-refractivity contribution is -0.122. The maximum atomic E-state index is 12.8. The van der Waals surface area contributed by atoms with Crippen LogP contribution in [0.5, 0.6) is 11.5 Å². The Morgan fingerprint density at radius 3 is 2.48 bits per heavy atom. The molecular weight excluding hydrogens is 420 g/mol. The van der Waals surface area contributed by atoms with Crippen LogP contribution in [0, 0.1) is 6.92 Å². The maximum absolute atomic E-state index is 12.8. The van der Waals surface area contributed by atoms with Gasteiger partial charge in [0, 0.05) is 31.7 Å². The number of carbonyl (C=O) groups excluding carboxylic acids is 1. The number of aryl methyl sites for hydroxylation is 1. The monoisotopic (exact) mass is 446 g/mol. The number of methoxy groups -OCH3 is 1. The highest BCUT2D eigenvalue weighted by molar-refractivity contribution is 7.89. The van der Waals surface area contributed by atoms with Crippen molar-refractivity contribution in [2.45, 2.75) is 11.8 Å². The van der Waals surface area contributed by atoms with Gasteiger partial charge in [-0.2, -0.15) is 9.41 Å². The van der Waals surface area contributed by atoms with Crippen molar-refractivity contribution in [1.29, 1.82) is 0 Å². The quantitative estimate of drug-likeness (QED) is 0.488. The Kier molecular flexibility index (Phi) is 7.26. The number of carbonyl (C=O) groups is 1. The van der Waals surface area contributed by atoms with Crippen LogP contribution in [-0.4, -0.2) is 74.7 Å². The second kappa shape index (κ2) is 9.90. The average molecular weight is 447 g/mol. The minimum absolute atomic E-state index is 0.0612. The van der Waals surface area contributed by atoms with Gasteiger partial charge in [-0.15, -0.1) is 0 Å². The molecule has 3 rings (SSSR count). The number of hydrogen-bond acceptors (Lipinski definition) is 7. The molecule has 1 fully saturated rings. The molecule has 0 aromatic heterocycles. The summed E-state index contributed by atoms with van der Waals surface area (Å²) < 4.78 is 32.0. The largest absolute Gasteiger partial charge is 0.504 e. The van der Waals surface area contributed by atoms with Crippen LogP contribution in [0.1, 0.15) is 11.1 Å². The molecule has 2 aromatic rings. The van der Waals surface area contributed by atoms with Crippen LogP contribution < -0.4 is 10.2 Å². The first-order valence-corrected chi connectivity index (χ1v) is 11.2. The number of rotatable bonds is 7. The molecule has 0 spiro atoms. The minimum atomic E-state index is -3.54. The lowest BCUT2D eigenvalue weighted by atomic mass is 10.2. The number of benzene rings is 2. The summed E-state index contributed by atoms with van der Waals surface area (Å²) in [5, 5.41) is 13.9. The van der Waals surface area contributed by atoms with Crippen molar-refractivity contribution in [2.24, 2.45) is 5.10 Å². The number of phenols is 1. The molecule has 0 saturated carbocycles. The van der Waals surface area contributed by atoms with Gasteiger partial charge in [0.2, 0.25) is 10.0 Å². The van der Waals surface area contributed by atoms with E-state index in [1.54, 1.807) is 42.5 Å². The fourth-order valence-electron chi connectivity index (χ4n) is 3.21. The molecule has 0 bridgehead atoms. The number of phenolic OH excluding ortho intramolecular Hbond substituents is 1. The van der Waals surface area contributed by atoms with Crippen molar-refractivity contribution in [3.8, 4) is 11.5 Å². The Hall–Kier alpha value is -2.95. The number of hydrogen-bond donors (Lipinski definition) is 2. The van der Waals surface area contributed by atoms with E-state index in [0.717, 1.165) is 5.56 Å². The summed E-state index contributed by atoms with van der Waals surface area (Å²) in [5.41, 5.74) is 3.83. The van der Waals surface area contributed by atoms with Crippen molar-refractivity contribution >= 4 is 22.1 Å². The van der Waals surface area contributed by atoms with E-state index in [1.807, 2.05) is 11.8 Å². The van der Waals surface area contributed by atoms with Gasteiger partial charge in [-0.3, -0.25) is 9.69 Å². The van der Waals surface area contributed by atoms with Crippen LogP contribution in [-0.2, 0) is 14.8 Å². The van der Waals surface area contributed by atoms with E-state index in [0.29, 0.717) is 37.5 Å². The number of hydrazone groups is 1. The number of amides is 1. The molecule has 2 aromatic carbocycles. The van der Waals surface area contributed by atoms with E-state index in [-0.39, 0.29) is 23.1 Å². The van der Waals surface area contributed by atoms with Gasteiger partial charge in [-0.1, -0.05) is 23.8 Å². The van der Waals surface area contributed by atoms with Crippen molar-refractivity contribution in [3.05, 3.63) is 53.6 Å². The number of piperazine rings is 1. The predicted molar refractivity (Wildman–Crippen MR) is 117 cm³/mol. The topological polar surface area (TPSA) is 112 Å². The van der Waals surface area contributed by atoms with Crippen LogP contribution in [0.25, 0.3) is 0 Å². The summed E-state index contributed by atoms with van der Waals surface area (Å²) in [6, 6.07) is 11.7. The van der Waals surface area contributed by atoms with Gasteiger partial charge in [0.05, 0.1) is 24.8 Å². The molecule has 166 valence electrons. The first-order chi connectivity index (χ1) is 14.8. The minimum Gasteiger partial charge on any atom is -0.504 e. The van der Waals surface area contributed by atoms with Crippen LogP contribution >= 0.6 is 0 Å². The van der Waals surface area contributed by atoms with Gasteiger partial charge in [-0.05, 0) is 31.2 Å². The summed E-state index contributed by atoms with van der Waals surface area (Å²) >= 11 is 0. The van der Waals surface area contributed by atoms with E-state index in [4.69, 9.17) is 4.74 Å². The van der Waals surface area contributed by atoms with Crippen LogP contribution in [0.2, 0.25) is 0 Å². The third kappa shape index (κ3) is 5.60. The van der Waals surface area contributed by atoms with Crippen LogP contribution in [0.4, 0.5) is 0 Å². The first-order valence-electron chi connectivity index (χ1n) is 9.78. The summed E-state index contributed by atoms with van der Waals surface area (Å²) in [7, 11) is -2.09. The van der Waals surface area contributed by atoms with E-state index >= 15 is 0 Å². The Bertz CT molecular complexity index is 1050. The Morgan fingerprint density at radius 2 is 1.84 bits per heavy atom. The molecule has 0 aliphatic carbocycles. The molecule has 1 saturated heterocycles. The van der Waals surface area contributed by atoms with Crippen molar-refractivity contribution in [2.75, 3.05) is 39.8 Å². The Labute approximate surface area is 182 Å². The van der Waals surface area contributed by atoms with E-state index in [2.05, 4.69) is 10.5 Å². The van der Waals surface area contributed by atoms with Gasteiger partial charge in [0.1, 0.15) is 0 Å². The van der Waals surface area contributed by atoms with Gasteiger partial charge in [0.25, 0.3) is 5.91 Å². The zero-order valence-corrected chi connectivity index (χ0v) is 18.3. The van der Waals surface area contributed by atoms with Gasteiger partial charge < -0.3 is 9.84 Å². The highest BCUT2D eigenvalue weighted by atomic mass is 32.2. The first kappa shape index (κ1) is 22.7. The summed E-state index contributed by atoms with van der Waals surface area (Å²) in [4.78, 5) is 14.3. The van der Waals surface area contributed by atoms with Gasteiger partial charge >= 0.3 is 0 Å². The number of para-hydroxylation sites is 1. The molecule has 1 heterocycles. The Morgan fingerprint density at radius 1 is 1.16 bits per heavy atom. The lowest BCUT2D eigenvalue weighted by Gasteiger charge is -2.33. The number of nitrogens with zero attached hydrogens (tertiary/aromatic N) is 3. The molecule has 31 heavy (non-hydrogen) atoms. The van der Waals surface area contributed by atoms with Crippen LogP contribution in [0.15, 0.2) is 52.5 Å². The highest BCUT2D eigenvalue weighted by Gasteiger charge is 2.28. The number of nitrogens with one attached hydrogen (secondary N) is 1. The molecule has 1 amide bonds. The zero-order chi connectivity index (χ0) is 22.4. The fourth-order valence-corrected chi connectivity index (χ4v) is 4.63. The SMILES string of the molecule is COc1cccc(C=NNC(=O)CN2CCN(S(=O)(=O)c3ccc(C)cc3)CC2)c1O. The Balaban J connectivity index is 1.49. The van der Waals surface area contributed by atoms with Crippen molar-refractivity contribution < 1.29 is 23.1 Å². The molecule has 2 N–H and O–H groups in total. The average Bonchev–Trinajstić information content (AvgIpc) is 2.75. The molecule has 0 atom stereocenters. The van der Waals surface area contributed by atoms with Gasteiger partial charge in [-0.25, -0.2) is 13.8 Å². The summed E-state index contributed by atoms with van der Waals surface area (Å²) in [5.74, 6) is -0.0730. The number of aromatic hydroxyl groups is 1. The summed E-state index contributed by atoms with van der Waals surface area (Å²) in [6.45, 7) is 3.51. The maximum Gasteiger partial charge on any atom is 0.254 e. The van der Waals surface area contributed by atoms with Crippen LogP contribution in [0.3, 0.4) is 0 Å². The normalized spacial score (nSPS) is 15.8. The second-order valence-electron chi connectivity index (χ2n) is 7.18. The third-order valence-electron chi connectivity index (χ3n) is 5.00. The van der Waals surface area contributed by atoms with E-state index in [9.17, 15) is 18.3 Å². The highest BCUT2D eigenvalue weighted by Crippen LogP contribution is 2.27. The molecule has 1 aliphatic heterocycles. The lowest BCUT2D eigenvalue weighted by Crippen LogP contribution is -2.50. The number of sulfonamides is 1. The molecular formula is C21H26N4O5S. The third-order valence-corrected chi connectivity index (χ3v) is 6.91. The molecule has 10 heteroatoms. The van der Waals surface area contributed by atoms with Crippen molar-refractivity contribution in [3.63, 3.8) is 0 Å². The molecule has 0 radical (unpaired) electrons. The standard InChI is InChI=1S/C21H26N4O5S/c1-16-6-8-18(9-7-16)31(28,29)25-12-10-24(11-13-25)15-20(26)23-22-14-17-4-3-5-19(30-2)21(17)27/h3-9,14,27H,10-13,15H2,1-2H3,(H,23,26). The summed E-state index contributed by atoms with van der Waals surface area (Å²) in [6.07, 6.45) is 1.34. The molecule has 9 nitrogen and oxygen atoms in total. The second-order valence-corrected chi connectivity index (χ2v) is 9.12. The van der Waals surface area contributed by atoms with E-state index < -0.39 is 10.0 Å². The molecule has 1 aliphatic rings.